The number of ketones is 1. The van der Waals surface area contributed by atoms with Gasteiger partial charge in [0.15, 0.2) is 0 Å². The number of carbonyl (C=O) groups is 1. The van der Waals surface area contributed by atoms with Crippen molar-refractivity contribution in [1.82, 2.24) is 4.90 Å². The zero-order valence-corrected chi connectivity index (χ0v) is 8.92. The van der Waals surface area contributed by atoms with E-state index in [1.165, 1.54) is 0 Å². The molecular formula is C10H21NO. The maximum atomic E-state index is 10.8. The molecule has 0 rings (SSSR count). The van der Waals surface area contributed by atoms with Crippen LogP contribution in [0.4, 0.5) is 0 Å². The first-order valence-corrected chi connectivity index (χ1v) is 4.63. The highest BCUT2D eigenvalue weighted by Crippen LogP contribution is 2.08. The first kappa shape index (κ1) is 11.6. The second kappa shape index (κ2) is 5.31. The summed E-state index contributed by atoms with van der Waals surface area (Å²) in [6, 6.07) is 0.508. The van der Waals surface area contributed by atoms with Crippen molar-refractivity contribution in [3.05, 3.63) is 0 Å². The standard InChI is InChI=1S/C10H21NO/c1-8(2)6-9(3)11(5)7-10(4)12/h8-9H,6-7H2,1-5H3. The van der Waals surface area contributed by atoms with E-state index in [2.05, 4.69) is 25.7 Å². The van der Waals surface area contributed by atoms with Crippen molar-refractivity contribution in [2.45, 2.75) is 40.2 Å². The Morgan fingerprint density at radius 1 is 1.33 bits per heavy atom. The van der Waals surface area contributed by atoms with Crippen molar-refractivity contribution in [2.75, 3.05) is 13.6 Å². The van der Waals surface area contributed by atoms with Crippen molar-refractivity contribution < 1.29 is 4.79 Å². The Balaban J connectivity index is 3.76. The Kier molecular flexibility index (Phi) is 5.14. The van der Waals surface area contributed by atoms with Gasteiger partial charge in [0.25, 0.3) is 0 Å². The van der Waals surface area contributed by atoms with Crippen LogP contribution in [0.3, 0.4) is 0 Å². The molecule has 0 bridgehead atoms. The Hall–Kier alpha value is -0.370. The van der Waals surface area contributed by atoms with E-state index >= 15 is 0 Å². The van der Waals surface area contributed by atoms with Gasteiger partial charge in [-0.15, -0.1) is 0 Å². The normalized spacial score (nSPS) is 13.9. The molecule has 0 aliphatic rings. The summed E-state index contributed by atoms with van der Waals surface area (Å²) in [6.45, 7) is 8.80. The van der Waals surface area contributed by atoms with E-state index in [0.29, 0.717) is 18.5 Å². The van der Waals surface area contributed by atoms with Crippen molar-refractivity contribution in [3.63, 3.8) is 0 Å². The molecule has 0 radical (unpaired) electrons. The number of Topliss-reactive ketones (excluding diaryl/α,β-unsaturated/α-hetero) is 1. The maximum Gasteiger partial charge on any atom is 0.143 e. The fraction of sp³-hybridized carbons (Fsp3) is 0.900. The molecule has 72 valence electrons. The third-order valence-corrected chi connectivity index (χ3v) is 2.04. The van der Waals surface area contributed by atoms with Crippen LogP contribution >= 0.6 is 0 Å². The fourth-order valence-corrected chi connectivity index (χ4v) is 1.37. The smallest absolute Gasteiger partial charge is 0.143 e. The Bertz CT molecular complexity index is 143. The molecule has 0 spiro atoms. The van der Waals surface area contributed by atoms with Gasteiger partial charge in [0, 0.05) is 6.04 Å². The third kappa shape index (κ3) is 5.30. The van der Waals surface area contributed by atoms with E-state index in [9.17, 15) is 4.79 Å². The second-order valence-corrected chi connectivity index (χ2v) is 4.10. The van der Waals surface area contributed by atoms with Gasteiger partial charge in [-0.25, -0.2) is 0 Å². The molecule has 0 aromatic rings. The summed E-state index contributed by atoms with van der Waals surface area (Å²) >= 11 is 0. The molecule has 0 N–H and O–H groups in total. The fourth-order valence-electron chi connectivity index (χ4n) is 1.37. The molecule has 0 saturated heterocycles. The number of hydrogen-bond acceptors (Lipinski definition) is 2. The van der Waals surface area contributed by atoms with Crippen LogP contribution in [-0.4, -0.2) is 30.3 Å². The first-order chi connectivity index (χ1) is 5.43. The quantitative estimate of drug-likeness (QED) is 0.630. The van der Waals surface area contributed by atoms with Crippen LogP contribution in [0, 0.1) is 5.92 Å². The number of carbonyl (C=O) groups excluding carboxylic acids is 1. The van der Waals surface area contributed by atoms with Crippen LogP contribution in [0.1, 0.15) is 34.1 Å². The van der Waals surface area contributed by atoms with Gasteiger partial charge < -0.3 is 0 Å². The molecular weight excluding hydrogens is 150 g/mol. The molecule has 0 heterocycles. The summed E-state index contributed by atoms with van der Waals surface area (Å²) in [4.78, 5) is 12.9. The zero-order valence-electron chi connectivity index (χ0n) is 8.92. The van der Waals surface area contributed by atoms with Crippen LogP contribution in [0.5, 0.6) is 0 Å². The van der Waals surface area contributed by atoms with Crippen LogP contribution in [0.15, 0.2) is 0 Å². The highest BCUT2D eigenvalue weighted by Gasteiger charge is 2.11. The Morgan fingerprint density at radius 3 is 2.17 bits per heavy atom. The number of nitrogens with zero attached hydrogens (tertiary/aromatic N) is 1. The molecule has 0 aromatic heterocycles. The third-order valence-electron chi connectivity index (χ3n) is 2.04. The van der Waals surface area contributed by atoms with Gasteiger partial charge in [0.05, 0.1) is 6.54 Å². The second-order valence-electron chi connectivity index (χ2n) is 4.10. The molecule has 2 heteroatoms. The summed E-state index contributed by atoms with van der Waals surface area (Å²) < 4.78 is 0. The largest absolute Gasteiger partial charge is 0.299 e. The van der Waals surface area contributed by atoms with Gasteiger partial charge in [-0.05, 0) is 33.2 Å². The van der Waals surface area contributed by atoms with Gasteiger partial charge in [-0.2, -0.15) is 0 Å². The van der Waals surface area contributed by atoms with Crippen LogP contribution in [0.2, 0.25) is 0 Å². The molecule has 1 unspecified atom stereocenters. The molecule has 0 fully saturated rings. The van der Waals surface area contributed by atoms with Crippen molar-refractivity contribution in [2.24, 2.45) is 5.92 Å². The van der Waals surface area contributed by atoms with Crippen molar-refractivity contribution in [1.29, 1.82) is 0 Å². The topological polar surface area (TPSA) is 20.3 Å². The van der Waals surface area contributed by atoms with E-state index < -0.39 is 0 Å². The van der Waals surface area contributed by atoms with Crippen LogP contribution in [-0.2, 0) is 4.79 Å². The lowest BCUT2D eigenvalue weighted by Gasteiger charge is -2.24. The van der Waals surface area contributed by atoms with E-state index in [-0.39, 0.29) is 5.78 Å². The van der Waals surface area contributed by atoms with Gasteiger partial charge in [-0.3, -0.25) is 9.69 Å². The highest BCUT2D eigenvalue weighted by molar-refractivity contribution is 5.77. The Labute approximate surface area is 75.9 Å². The molecule has 0 aliphatic heterocycles. The van der Waals surface area contributed by atoms with Crippen molar-refractivity contribution >= 4 is 5.78 Å². The number of rotatable bonds is 5. The molecule has 0 aromatic carbocycles. The van der Waals surface area contributed by atoms with Crippen molar-refractivity contribution in [3.8, 4) is 0 Å². The average molecular weight is 171 g/mol. The lowest BCUT2D eigenvalue weighted by Crippen LogP contribution is -2.33. The monoisotopic (exact) mass is 171 g/mol. The number of hydrogen-bond donors (Lipinski definition) is 0. The van der Waals surface area contributed by atoms with Gasteiger partial charge in [0.1, 0.15) is 5.78 Å². The summed E-state index contributed by atoms with van der Waals surface area (Å²) in [6.07, 6.45) is 1.16. The predicted molar refractivity (Wildman–Crippen MR) is 52.2 cm³/mol. The summed E-state index contributed by atoms with van der Waals surface area (Å²) in [5.41, 5.74) is 0. The van der Waals surface area contributed by atoms with E-state index in [0.717, 1.165) is 6.42 Å². The predicted octanol–water partition coefficient (Wildman–Crippen LogP) is 1.94. The lowest BCUT2D eigenvalue weighted by molar-refractivity contribution is -0.118. The van der Waals surface area contributed by atoms with E-state index in [1.54, 1.807) is 6.92 Å². The minimum atomic E-state index is 0.244. The molecule has 0 amide bonds. The minimum absolute atomic E-state index is 0.244. The molecule has 2 nitrogen and oxygen atoms in total. The maximum absolute atomic E-state index is 10.8. The Morgan fingerprint density at radius 2 is 1.83 bits per heavy atom. The van der Waals surface area contributed by atoms with E-state index in [1.807, 2.05) is 7.05 Å². The minimum Gasteiger partial charge on any atom is -0.299 e. The SMILES string of the molecule is CC(=O)CN(C)C(C)CC(C)C. The zero-order chi connectivity index (χ0) is 9.72. The van der Waals surface area contributed by atoms with Crippen LogP contribution < -0.4 is 0 Å². The van der Waals surface area contributed by atoms with Gasteiger partial charge in [-0.1, -0.05) is 13.8 Å². The van der Waals surface area contributed by atoms with Crippen LogP contribution in [0.25, 0.3) is 0 Å². The van der Waals surface area contributed by atoms with E-state index in [4.69, 9.17) is 0 Å². The number of likely N-dealkylation sites (N-methyl/N-ethyl adjacent to an activating group) is 1. The molecule has 0 aliphatic carbocycles. The lowest BCUT2D eigenvalue weighted by atomic mass is 10.0. The first-order valence-electron chi connectivity index (χ1n) is 4.63. The summed E-state index contributed by atoms with van der Waals surface area (Å²) in [7, 11) is 2.01. The molecule has 12 heavy (non-hydrogen) atoms. The highest BCUT2D eigenvalue weighted by atomic mass is 16.1. The van der Waals surface area contributed by atoms with Gasteiger partial charge >= 0.3 is 0 Å². The molecule has 1 atom stereocenters. The van der Waals surface area contributed by atoms with Gasteiger partial charge in [0.2, 0.25) is 0 Å². The summed E-state index contributed by atoms with van der Waals surface area (Å²) in [5.74, 6) is 0.947. The molecule has 0 saturated carbocycles. The summed E-state index contributed by atoms with van der Waals surface area (Å²) in [5, 5.41) is 0. The average Bonchev–Trinajstić information content (AvgIpc) is 1.84.